The maximum Gasteiger partial charge on any atom is 0.239 e. The maximum atomic E-state index is 11.7. The zero-order valence-electron chi connectivity index (χ0n) is 10.0. The second-order valence-corrected chi connectivity index (χ2v) is 4.31. The number of amides is 1. The van der Waals surface area contributed by atoms with E-state index in [1.807, 2.05) is 17.0 Å². The average Bonchev–Trinajstić information content (AvgIpc) is 2.39. The minimum absolute atomic E-state index is 0.0411. The summed E-state index contributed by atoms with van der Waals surface area (Å²) in [7, 11) is 0. The van der Waals surface area contributed by atoms with Gasteiger partial charge in [0.15, 0.2) is 0 Å². The molecule has 0 spiro atoms. The fraction of sp³-hybridized carbons (Fsp3) is 0.500. The lowest BCUT2D eigenvalue weighted by Gasteiger charge is -2.36. The molecule has 2 rings (SSSR count). The van der Waals surface area contributed by atoms with Gasteiger partial charge in [-0.15, -0.1) is 0 Å². The Morgan fingerprint density at radius 3 is 2.41 bits per heavy atom. The van der Waals surface area contributed by atoms with Gasteiger partial charge in [0.05, 0.1) is 6.04 Å². The summed E-state index contributed by atoms with van der Waals surface area (Å²) in [5.74, 6) is 0.0411. The van der Waals surface area contributed by atoms with Crippen LogP contribution in [-0.4, -0.2) is 48.0 Å². The molecule has 0 saturated carbocycles. The SMILES string of the molecule is CC(N)C(=O)N1CCN(c2ccncc2)CC1. The fourth-order valence-electron chi connectivity index (χ4n) is 2.03. The topological polar surface area (TPSA) is 62.5 Å². The number of carbonyl (C=O) groups excluding carboxylic acids is 1. The van der Waals surface area contributed by atoms with Gasteiger partial charge in [0.2, 0.25) is 5.91 Å². The predicted molar refractivity (Wildman–Crippen MR) is 66.7 cm³/mol. The highest BCUT2D eigenvalue weighted by atomic mass is 16.2. The number of rotatable bonds is 2. The van der Waals surface area contributed by atoms with Crippen molar-refractivity contribution in [2.24, 2.45) is 5.73 Å². The first kappa shape index (κ1) is 11.9. The van der Waals surface area contributed by atoms with Gasteiger partial charge in [0, 0.05) is 44.3 Å². The number of nitrogens with zero attached hydrogens (tertiary/aromatic N) is 3. The molecule has 2 heterocycles. The van der Waals surface area contributed by atoms with E-state index < -0.39 is 6.04 Å². The molecule has 0 aliphatic carbocycles. The van der Waals surface area contributed by atoms with Gasteiger partial charge in [-0.25, -0.2) is 0 Å². The van der Waals surface area contributed by atoms with Gasteiger partial charge >= 0.3 is 0 Å². The Morgan fingerprint density at radius 2 is 1.88 bits per heavy atom. The van der Waals surface area contributed by atoms with Gasteiger partial charge in [-0.1, -0.05) is 0 Å². The highest BCUT2D eigenvalue weighted by Crippen LogP contribution is 2.14. The Labute approximate surface area is 101 Å². The van der Waals surface area contributed by atoms with Gasteiger partial charge in [0.25, 0.3) is 0 Å². The number of hydrogen-bond donors (Lipinski definition) is 1. The first-order valence-electron chi connectivity index (χ1n) is 5.88. The van der Waals surface area contributed by atoms with Crippen molar-refractivity contribution in [3.05, 3.63) is 24.5 Å². The first-order chi connectivity index (χ1) is 8.18. The Kier molecular flexibility index (Phi) is 3.58. The third kappa shape index (κ3) is 2.74. The summed E-state index contributed by atoms with van der Waals surface area (Å²) < 4.78 is 0. The number of anilines is 1. The molecule has 1 amide bonds. The predicted octanol–water partition coefficient (Wildman–Crippen LogP) is 0.0774. The van der Waals surface area contributed by atoms with Crippen LogP contribution in [0.25, 0.3) is 0 Å². The van der Waals surface area contributed by atoms with E-state index in [0.717, 1.165) is 31.9 Å². The Bertz CT molecular complexity index is 371. The molecule has 1 aliphatic rings. The zero-order valence-corrected chi connectivity index (χ0v) is 10.0. The highest BCUT2D eigenvalue weighted by molar-refractivity contribution is 5.81. The number of carbonyl (C=O) groups is 1. The normalized spacial score (nSPS) is 18.0. The van der Waals surface area contributed by atoms with Crippen LogP contribution in [0.3, 0.4) is 0 Å². The van der Waals surface area contributed by atoms with Crippen LogP contribution in [0.1, 0.15) is 6.92 Å². The Hall–Kier alpha value is -1.62. The summed E-state index contributed by atoms with van der Waals surface area (Å²) in [6.07, 6.45) is 3.57. The van der Waals surface area contributed by atoms with Crippen molar-refractivity contribution in [2.75, 3.05) is 31.1 Å². The van der Waals surface area contributed by atoms with Crippen LogP contribution in [0.4, 0.5) is 5.69 Å². The molecule has 5 nitrogen and oxygen atoms in total. The minimum atomic E-state index is -0.400. The van der Waals surface area contributed by atoms with E-state index in [2.05, 4.69) is 9.88 Å². The van der Waals surface area contributed by atoms with Crippen molar-refractivity contribution >= 4 is 11.6 Å². The van der Waals surface area contributed by atoms with E-state index in [4.69, 9.17) is 5.73 Å². The molecular weight excluding hydrogens is 216 g/mol. The van der Waals surface area contributed by atoms with Crippen molar-refractivity contribution in [1.29, 1.82) is 0 Å². The lowest BCUT2D eigenvalue weighted by atomic mass is 10.2. The van der Waals surface area contributed by atoms with Crippen LogP contribution in [-0.2, 0) is 4.79 Å². The molecule has 1 unspecified atom stereocenters. The summed E-state index contributed by atoms with van der Waals surface area (Å²) in [4.78, 5) is 19.8. The smallest absolute Gasteiger partial charge is 0.239 e. The molecule has 1 fully saturated rings. The second kappa shape index (κ2) is 5.14. The quantitative estimate of drug-likeness (QED) is 0.787. The number of pyridine rings is 1. The Morgan fingerprint density at radius 1 is 1.29 bits per heavy atom. The largest absolute Gasteiger partial charge is 0.368 e. The van der Waals surface area contributed by atoms with E-state index in [1.165, 1.54) is 0 Å². The third-order valence-electron chi connectivity index (χ3n) is 3.01. The Balaban J connectivity index is 1.93. The summed E-state index contributed by atoms with van der Waals surface area (Å²) in [5.41, 5.74) is 6.76. The summed E-state index contributed by atoms with van der Waals surface area (Å²) in [5, 5.41) is 0. The van der Waals surface area contributed by atoms with Crippen LogP contribution < -0.4 is 10.6 Å². The second-order valence-electron chi connectivity index (χ2n) is 4.31. The number of hydrogen-bond acceptors (Lipinski definition) is 4. The standard InChI is InChI=1S/C12H18N4O/c1-10(13)12(17)16-8-6-15(7-9-16)11-2-4-14-5-3-11/h2-5,10H,6-9,13H2,1H3. The lowest BCUT2D eigenvalue weighted by Crippen LogP contribution is -2.52. The van der Waals surface area contributed by atoms with Crippen LogP contribution in [0, 0.1) is 0 Å². The molecule has 0 radical (unpaired) electrons. The average molecular weight is 234 g/mol. The van der Waals surface area contributed by atoms with Crippen molar-refractivity contribution in [2.45, 2.75) is 13.0 Å². The monoisotopic (exact) mass is 234 g/mol. The van der Waals surface area contributed by atoms with Gasteiger partial charge in [-0.2, -0.15) is 0 Å². The van der Waals surface area contributed by atoms with E-state index >= 15 is 0 Å². The van der Waals surface area contributed by atoms with Crippen LogP contribution in [0.2, 0.25) is 0 Å². The van der Waals surface area contributed by atoms with Crippen molar-refractivity contribution in [1.82, 2.24) is 9.88 Å². The molecule has 92 valence electrons. The fourth-order valence-corrected chi connectivity index (χ4v) is 2.03. The summed E-state index contributed by atoms with van der Waals surface area (Å²) in [6, 6.07) is 3.58. The van der Waals surface area contributed by atoms with Gasteiger partial charge < -0.3 is 15.5 Å². The zero-order chi connectivity index (χ0) is 12.3. The third-order valence-corrected chi connectivity index (χ3v) is 3.01. The molecule has 1 aromatic rings. The first-order valence-corrected chi connectivity index (χ1v) is 5.88. The molecule has 5 heteroatoms. The van der Waals surface area contributed by atoms with Gasteiger partial charge in [-0.05, 0) is 19.1 Å². The van der Waals surface area contributed by atoms with Crippen molar-refractivity contribution in [3.8, 4) is 0 Å². The molecule has 1 saturated heterocycles. The molecule has 1 atom stereocenters. The number of piperazine rings is 1. The summed E-state index contributed by atoms with van der Waals surface area (Å²) in [6.45, 7) is 4.91. The van der Waals surface area contributed by atoms with Crippen LogP contribution >= 0.6 is 0 Å². The van der Waals surface area contributed by atoms with E-state index in [9.17, 15) is 4.79 Å². The molecular formula is C12H18N4O. The number of nitrogens with two attached hydrogens (primary N) is 1. The molecule has 1 aromatic heterocycles. The van der Waals surface area contributed by atoms with E-state index in [1.54, 1.807) is 19.3 Å². The minimum Gasteiger partial charge on any atom is -0.368 e. The lowest BCUT2D eigenvalue weighted by molar-refractivity contribution is -0.132. The van der Waals surface area contributed by atoms with E-state index in [-0.39, 0.29) is 5.91 Å². The van der Waals surface area contributed by atoms with Crippen molar-refractivity contribution < 1.29 is 4.79 Å². The van der Waals surface area contributed by atoms with Crippen LogP contribution in [0.5, 0.6) is 0 Å². The highest BCUT2D eigenvalue weighted by Gasteiger charge is 2.22. The van der Waals surface area contributed by atoms with E-state index in [0.29, 0.717) is 0 Å². The number of aromatic nitrogens is 1. The van der Waals surface area contributed by atoms with Gasteiger partial charge in [0.1, 0.15) is 0 Å². The maximum absolute atomic E-state index is 11.7. The molecule has 2 N–H and O–H groups in total. The van der Waals surface area contributed by atoms with Gasteiger partial charge in [-0.3, -0.25) is 9.78 Å². The van der Waals surface area contributed by atoms with Crippen molar-refractivity contribution in [3.63, 3.8) is 0 Å². The molecule has 0 aromatic carbocycles. The van der Waals surface area contributed by atoms with Crippen LogP contribution in [0.15, 0.2) is 24.5 Å². The molecule has 0 bridgehead atoms. The molecule has 17 heavy (non-hydrogen) atoms. The summed E-state index contributed by atoms with van der Waals surface area (Å²) >= 11 is 0. The molecule has 1 aliphatic heterocycles.